The summed E-state index contributed by atoms with van der Waals surface area (Å²) in [7, 11) is 0. The van der Waals surface area contributed by atoms with Gasteiger partial charge in [0.1, 0.15) is 11.6 Å². The van der Waals surface area contributed by atoms with Crippen LogP contribution in [0.1, 0.15) is 12.5 Å². The van der Waals surface area contributed by atoms with Gasteiger partial charge in [-0.2, -0.15) is 11.8 Å². The molecule has 2 rings (SSSR count). The number of hydrogen-bond acceptors (Lipinski definition) is 3. The molecule has 0 aliphatic carbocycles. The van der Waals surface area contributed by atoms with Gasteiger partial charge in [0.2, 0.25) is 0 Å². The van der Waals surface area contributed by atoms with Crippen molar-refractivity contribution in [2.75, 3.05) is 12.3 Å². The van der Waals surface area contributed by atoms with Crippen molar-refractivity contribution in [3.05, 3.63) is 63.9 Å². The van der Waals surface area contributed by atoms with Crippen molar-refractivity contribution < 1.29 is 13.9 Å². The maximum atomic E-state index is 13.6. The number of hydrogen-bond donors (Lipinski definition) is 1. The van der Waals surface area contributed by atoms with Gasteiger partial charge in [0, 0.05) is 33.7 Å². The molecule has 0 bridgehead atoms. The van der Waals surface area contributed by atoms with E-state index in [4.69, 9.17) is 27.9 Å². The molecular weight excluding hydrogens is 384 g/mol. The SMILES string of the molecule is CC(Oc1cccc(Cl)c1)C(=O)NCCSCc1c(F)cccc1Cl. The highest BCUT2D eigenvalue weighted by Crippen LogP contribution is 2.23. The molecule has 2 aromatic rings. The highest BCUT2D eigenvalue weighted by Gasteiger charge is 2.14. The fourth-order valence-electron chi connectivity index (χ4n) is 2.03. The molecule has 1 unspecified atom stereocenters. The van der Waals surface area contributed by atoms with Gasteiger partial charge in [-0.05, 0) is 37.3 Å². The van der Waals surface area contributed by atoms with E-state index in [2.05, 4.69) is 5.32 Å². The molecule has 1 amide bonds. The third kappa shape index (κ3) is 6.42. The molecule has 3 nitrogen and oxygen atoms in total. The van der Waals surface area contributed by atoms with Gasteiger partial charge in [0.05, 0.1) is 0 Å². The minimum absolute atomic E-state index is 0.218. The van der Waals surface area contributed by atoms with Crippen LogP contribution in [-0.2, 0) is 10.5 Å². The first-order valence-electron chi connectivity index (χ1n) is 7.68. The monoisotopic (exact) mass is 401 g/mol. The summed E-state index contributed by atoms with van der Waals surface area (Å²) >= 11 is 13.3. The zero-order chi connectivity index (χ0) is 18.2. The average Bonchev–Trinajstić information content (AvgIpc) is 2.56. The molecule has 2 aromatic carbocycles. The highest BCUT2D eigenvalue weighted by atomic mass is 35.5. The Balaban J connectivity index is 1.69. The summed E-state index contributed by atoms with van der Waals surface area (Å²) in [5.41, 5.74) is 0.484. The predicted octanol–water partition coefficient (Wildman–Crippen LogP) is 4.95. The van der Waals surface area contributed by atoms with E-state index < -0.39 is 6.10 Å². The Morgan fingerprint density at radius 2 is 2.04 bits per heavy atom. The number of carbonyl (C=O) groups excluding carboxylic acids is 1. The topological polar surface area (TPSA) is 38.3 Å². The normalized spacial score (nSPS) is 11.8. The van der Waals surface area contributed by atoms with Crippen molar-refractivity contribution in [1.82, 2.24) is 5.32 Å². The number of nitrogens with one attached hydrogen (secondary N) is 1. The summed E-state index contributed by atoms with van der Waals surface area (Å²) in [5.74, 6) is 1.10. The molecule has 1 N–H and O–H groups in total. The smallest absolute Gasteiger partial charge is 0.260 e. The third-order valence-electron chi connectivity index (χ3n) is 3.33. The van der Waals surface area contributed by atoms with Crippen molar-refractivity contribution in [3.63, 3.8) is 0 Å². The fourth-order valence-corrected chi connectivity index (χ4v) is 3.41. The average molecular weight is 402 g/mol. The first-order valence-corrected chi connectivity index (χ1v) is 9.59. The van der Waals surface area contributed by atoms with Crippen LogP contribution in [0.2, 0.25) is 10.0 Å². The zero-order valence-electron chi connectivity index (χ0n) is 13.6. The summed E-state index contributed by atoms with van der Waals surface area (Å²) in [6.07, 6.45) is -0.635. The van der Waals surface area contributed by atoms with E-state index in [1.165, 1.54) is 17.8 Å². The number of rotatable bonds is 8. The third-order valence-corrected chi connectivity index (χ3v) is 4.91. The molecule has 7 heteroatoms. The van der Waals surface area contributed by atoms with E-state index in [1.54, 1.807) is 43.3 Å². The van der Waals surface area contributed by atoms with Crippen molar-refractivity contribution >= 4 is 40.9 Å². The highest BCUT2D eigenvalue weighted by molar-refractivity contribution is 7.98. The largest absolute Gasteiger partial charge is 0.481 e. The molecule has 0 radical (unpaired) electrons. The van der Waals surface area contributed by atoms with Gasteiger partial charge in [-0.3, -0.25) is 4.79 Å². The molecule has 134 valence electrons. The lowest BCUT2D eigenvalue weighted by Gasteiger charge is -2.15. The molecule has 0 aliphatic rings. The molecule has 0 aliphatic heterocycles. The first-order chi connectivity index (χ1) is 12.0. The van der Waals surface area contributed by atoms with Gasteiger partial charge in [0.25, 0.3) is 5.91 Å². The van der Waals surface area contributed by atoms with E-state index >= 15 is 0 Å². The summed E-state index contributed by atoms with van der Waals surface area (Å²) in [6, 6.07) is 11.5. The second-order valence-corrected chi connectivity index (χ2v) is 7.21. The van der Waals surface area contributed by atoms with Crippen LogP contribution in [-0.4, -0.2) is 24.3 Å². The van der Waals surface area contributed by atoms with E-state index in [0.717, 1.165) is 0 Å². The number of halogens is 3. The van der Waals surface area contributed by atoms with Crippen LogP contribution < -0.4 is 10.1 Å². The second-order valence-electron chi connectivity index (χ2n) is 5.26. The first kappa shape index (κ1) is 19.9. The van der Waals surface area contributed by atoms with Crippen LogP contribution in [0.15, 0.2) is 42.5 Å². The number of thioether (sulfide) groups is 1. The standard InChI is InChI=1S/C18H18Cl2FNO2S/c1-12(24-14-5-2-4-13(19)10-14)18(23)22-8-9-25-11-15-16(20)6-3-7-17(15)21/h2-7,10,12H,8-9,11H2,1H3,(H,22,23). The van der Waals surface area contributed by atoms with Gasteiger partial charge in [0.15, 0.2) is 6.10 Å². The lowest BCUT2D eigenvalue weighted by Crippen LogP contribution is -2.37. The van der Waals surface area contributed by atoms with Crippen molar-refractivity contribution in [2.24, 2.45) is 0 Å². The lowest BCUT2D eigenvalue weighted by atomic mass is 10.2. The van der Waals surface area contributed by atoms with Crippen molar-refractivity contribution in [1.29, 1.82) is 0 Å². The number of ether oxygens (including phenoxy) is 1. The Bertz CT molecular complexity index is 710. The van der Waals surface area contributed by atoms with Crippen LogP contribution in [0.25, 0.3) is 0 Å². The van der Waals surface area contributed by atoms with Gasteiger partial charge in [-0.1, -0.05) is 35.3 Å². The Hall–Kier alpha value is -1.43. The molecule has 0 saturated carbocycles. The van der Waals surface area contributed by atoms with Gasteiger partial charge in [-0.15, -0.1) is 0 Å². The molecule has 1 atom stereocenters. The number of amides is 1. The summed E-state index contributed by atoms with van der Waals surface area (Å²) < 4.78 is 19.2. The molecular formula is C18H18Cl2FNO2S. The van der Waals surface area contributed by atoms with Crippen molar-refractivity contribution in [3.8, 4) is 5.75 Å². The Kier molecular flexibility index (Phi) is 7.88. The second kappa shape index (κ2) is 9.90. The zero-order valence-corrected chi connectivity index (χ0v) is 15.9. The van der Waals surface area contributed by atoms with Crippen molar-refractivity contribution in [2.45, 2.75) is 18.8 Å². The molecule has 0 saturated heterocycles. The maximum Gasteiger partial charge on any atom is 0.260 e. The van der Waals surface area contributed by atoms with E-state index in [1.807, 2.05) is 0 Å². The lowest BCUT2D eigenvalue weighted by molar-refractivity contribution is -0.127. The van der Waals surface area contributed by atoms with Crippen LogP contribution in [0.5, 0.6) is 5.75 Å². The summed E-state index contributed by atoms with van der Waals surface area (Å²) in [5, 5.41) is 3.75. The van der Waals surface area contributed by atoms with E-state index in [9.17, 15) is 9.18 Å². The minimum Gasteiger partial charge on any atom is -0.481 e. The van der Waals surface area contributed by atoms with Crippen LogP contribution in [0, 0.1) is 5.82 Å². The molecule has 0 aromatic heterocycles. The van der Waals surface area contributed by atoms with Crippen LogP contribution >= 0.6 is 35.0 Å². The predicted molar refractivity (Wildman–Crippen MR) is 102 cm³/mol. The Morgan fingerprint density at radius 3 is 2.76 bits per heavy atom. The quantitative estimate of drug-likeness (QED) is 0.635. The molecule has 0 heterocycles. The number of benzene rings is 2. The van der Waals surface area contributed by atoms with Gasteiger partial charge >= 0.3 is 0 Å². The molecule has 0 fully saturated rings. The maximum absolute atomic E-state index is 13.6. The van der Waals surface area contributed by atoms with Gasteiger partial charge in [-0.25, -0.2) is 4.39 Å². The van der Waals surface area contributed by atoms with Crippen LogP contribution in [0.4, 0.5) is 4.39 Å². The Labute approximate surface area is 160 Å². The Morgan fingerprint density at radius 1 is 1.28 bits per heavy atom. The summed E-state index contributed by atoms with van der Waals surface area (Å²) in [4.78, 5) is 12.0. The minimum atomic E-state index is -0.635. The summed E-state index contributed by atoms with van der Waals surface area (Å²) in [6.45, 7) is 2.13. The van der Waals surface area contributed by atoms with E-state index in [-0.39, 0.29) is 11.7 Å². The molecule has 0 spiro atoms. The van der Waals surface area contributed by atoms with Crippen LogP contribution in [0.3, 0.4) is 0 Å². The number of carbonyl (C=O) groups is 1. The van der Waals surface area contributed by atoms with E-state index in [0.29, 0.717) is 39.4 Å². The fraction of sp³-hybridized carbons (Fsp3) is 0.278. The van der Waals surface area contributed by atoms with Gasteiger partial charge < -0.3 is 10.1 Å². The molecule has 25 heavy (non-hydrogen) atoms.